The van der Waals surface area contributed by atoms with Gasteiger partial charge in [0.2, 0.25) is 5.91 Å². The van der Waals surface area contributed by atoms with Crippen molar-refractivity contribution in [1.29, 1.82) is 0 Å². The summed E-state index contributed by atoms with van der Waals surface area (Å²) in [5.41, 5.74) is 5.43. The molecule has 0 aliphatic carbocycles. The smallest absolute Gasteiger partial charge is 0.303 e. The van der Waals surface area contributed by atoms with E-state index in [4.69, 9.17) is 10.8 Å². The monoisotopic (exact) mass is 188 g/mol. The number of amides is 1. The van der Waals surface area contributed by atoms with Gasteiger partial charge >= 0.3 is 5.97 Å². The van der Waals surface area contributed by atoms with Gasteiger partial charge in [-0.25, -0.2) is 0 Å². The number of hydrogen-bond donors (Lipinski definition) is 3. The van der Waals surface area contributed by atoms with Crippen LogP contribution in [0.15, 0.2) is 0 Å². The summed E-state index contributed by atoms with van der Waals surface area (Å²) in [4.78, 5) is 21.1. The molecule has 0 heterocycles. The molecule has 0 rings (SSSR count). The molecule has 1 unspecified atom stereocenters. The van der Waals surface area contributed by atoms with Crippen LogP contribution in [-0.4, -0.2) is 29.6 Å². The number of carbonyl (C=O) groups is 2. The molecule has 0 aliphatic heterocycles. The lowest BCUT2D eigenvalue weighted by Gasteiger charge is -2.08. The van der Waals surface area contributed by atoms with E-state index in [1.807, 2.05) is 6.92 Å². The van der Waals surface area contributed by atoms with Gasteiger partial charge in [-0.05, 0) is 12.8 Å². The highest BCUT2D eigenvalue weighted by Gasteiger charge is 2.09. The molecule has 0 aromatic heterocycles. The fourth-order valence-electron chi connectivity index (χ4n) is 0.768. The molecule has 76 valence electrons. The van der Waals surface area contributed by atoms with Crippen LogP contribution in [0.2, 0.25) is 0 Å². The Hall–Kier alpha value is -1.10. The van der Waals surface area contributed by atoms with Crippen LogP contribution in [-0.2, 0) is 9.59 Å². The Balaban J connectivity index is 3.42. The lowest BCUT2D eigenvalue weighted by atomic mass is 10.2. The van der Waals surface area contributed by atoms with Crippen LogP contribution in [0.3, 0.4) is 0 Å². The van der Waals surface area contributed by atoms with Gasteiger partial charge in [-0.3, -0.25) is 9.59 Å². The minimum absolute atomic E-state index is 0.0711. The van der Waals surface area contributed by atoms with E-state index in [-0.39, 0.29) is 12.3 Å². The van der Waals surface area contributed by atoms with Gasteiger partial charge in [0, 0.05) is 13.0 Å². The first-order chi connectivity index (χ1) is 6.07. The molecule has 0 radical (unpaired) electrons. The Morgan fingerprint density at radius 1 is 1.54 bits per heavy atom. The highest BCUT2D eigenvalue weighted by Crippen LogP contribution is 1.88. The number of carboxylic acids is 1. The fraction of sp³-hybridized carbons (Fsp3) is 0.750. The Morgan fingerprint density at radius 3 is 2.62 bits per heavy atom. The first-order valence-electron chi connectivity index (χ1n) is 4.33. The Labute approximate surface area is 77.3 Å². The van der Waals surface area contributed by atoms with Crippen molar-refractivity contribution < 1.29 is 14.7 Å². The quantitative estimate of drug-likeness (QED) is 0.499. The number of carboxylic acid groups (broad SMARTS) is 1. The number of nitrogens with two attached hydrogens (primary N) is 1. The van der Waals surface area contributed by atoms with Crippen molar-refractivity contribution in [2.45, 2.75) is 32.2 Å². The summed E-state index contributed by atoms with van der Waals surface area (Å²) in [7, 11) is 0. The normalized spacial score (nSPS) is 12.2. The van der Waals surface area contributed by atoms with Gasteiger partial charge in [-0.2, -0.15) is 0 Å². The van der Waals surface area contributed by atoms with Crippen LogP contribution in [0, 0.1) is 0 Å². The Bertz CT molecular complexity index is 182. The first-order valence-corrected chi connectivity index (χ1v) is 4.33. The average molecular weight is 188 g/mol. The second kappa shape index (κ2) is 6.42. The molecule has 0 saturated carbocycles. The topological polar surface area (TPSA) is 92.4 Å². The molecule has 4 N–H and O–H groups in total. The highest BCUT2D eigenvalue weighted by molar-refractivity contribution is 5.81. The minimum Gasteiger partial charge on any atom is -0.481 e. The minimum atomic E-state index is -0.853. The summed E-state index contributed by atoms with van der Waals surface area (Å²) >= 11 is 0. The van der Waals surface area contributed by atoms with Crippen LogP contribution in [0.1, 0.15) is 26.2 Å². The standard InChI is InChI=1S/C8H16N2O3/c1-2-6(9)8(13)10-5-3-4-7(11)12/h6H,2-5,9H2,1H3,(H,10,13)(H,11,12). The van der Waals surface area contributed by atoms with Gasteiger partial charge in [0.25, 0.3) is 0 Å². The summed E-state index contributed by atoms with van der Waals surface area (Å²) in [5.74, 6) is -1.07. The van der Waals surface area contributed by atoms with Gasteiger partial charge in [0.1, 0.15) is 0 Å². The van der Waals surface area contributed by atoms with E-state index < -0.39 is 12.0 Å². The van der Waals surface area contributed by atoms with Gasteiger partial charge in [0.05, 0.1) is 6.04 Å². The average Bonchev–Trinajstić information content (AvgIpc) is 2.10. The van der Waals surface area contributed by atoms with E-state index in [0.29, 0.717) is 19.4 Å². The lowest BCUT2D eigenvalue weighted by molar-refractivity contribution is -0.137. The van der Waals surface area contributed by atoms with Crippen LogP contribution < -0.4 is 11.1 Å². The third-order valence-corrected chi connectivity index (χ3v) is 1.64. The summed E-state index contributed by atoms with van der Waals surface area (Å²) < 4.78 is 0. The summed E-state index contributed by atoms with van der Waals surface area (Å²) in [6, 6.07) is -0.482. The Morgan fingerprint density at radius 2 is 2.15 bits per heavy atom. The molecule has 0 aromatic rings. The van der Waals surface area contributed by atoms with Crippen LogP contribution >= 0.6 is 0 Å². The predicted octanol–water partition coefficient (Wildman–Crippen LogP) is -0.295. The van der Waals surface area contributed by atoms with E-state index in [2.05, 4.69) is 5.32 Å². The molecule has 5 heteroatoms. The lowest BCUT2D eigenvalue weighted by Crippen LogP contribution is -2.40. The maximum atomic E-state index is 11.0. The van der Waals surface area contributed by atoms with E-state index in [1.54, 1.807) is 0 Å². The molecular formula is C8H16N2O3. The number of carbonyl (C=O) groups excluding carboxylic acids is 1. The predicted molar refractivity (Wildman–Crippen MR) is 48.1 cm³/mol. The van der Waals surface area contributed by atoms with Crippen molar-refractivity contribution in [3.63, 3.8) is 0 Å². The fourth-order valence-corrected chi connectivity index (χ4v) is 0.768. The summed E-state index contributed by atoms with van der Waals surface area (Å²) in [6.07, 6.45) is 1.10. The third-order valence-electron chi connectivity index (χ3n) is 1.64. The van der Waals surface area contributed by atoms with E-state index >= 15 is 0 Å². The summed E-state index contributed by atoms with van der Waals surface area (Å²) in [6.45, 7) is 2.19. The molecule has 0 fully saturated rings. The maximum absolute atomic E-state index is 11.0. The van der Waals surface area contributed by atoms with Crippen LogP contribution in [0.25, 0.3) is 0 Å². The molecule has 0 aliphatic rings. The molecule has 0 bridgehead atoms. The van der Waals surface area contributed by atoms with Gasteiger partial charge in [0.15, 0.2) is 0 Å². The van der Waals surface area contributed by atoms with E-state index in [0.717, 1.165) is 0 Å². The SMILES string of the molecule is CCC(N)C(=O)NCCCC(=O)O. The molecular weight excluding hydrogens is 172 g/mol. The van der Waals surface area contributed by atoms with Gasteiger partial charge in [-0.15, -0.1) is 0 Å². The third kappa shape index (κ3) is 6.10. The van der Waals surface area contributed by atoms with E-state index in [9.17, 15) is 9.59 Å². The van der Waals surface area contributed by atoms with Crippen LogP contribution in [0.5, 0.6) is 0 Å². The van der Waals surface area contributed by atoms with Crippen molar-refractivity contribution in [3.05, 3.63) is 0 Å². The van der Waals surface area contributed by atoms with Gasteiger partial charge < -0.3 is 16.2 Å². The zero-order valence-electron chi connectivity index (χ0n) is 7.75. The maximum Gasteiger partial charge on any atom is 0.303 e. The largest absolute Gasteiger partial charge is 0.481 e. The van der Waals surface area contributed by atoms with Crippen molar-refractivity contribution in [2.75, 3.05) is 6.54 Å². The van der Waals surface area contributed by atoms with E-state index in [1.165, 1.54) is 0 Å². The van der Waals surface area contributed by atoms with Gasteiger partial charge in [-0.1, -0.05) is 6.92 Å². The Kier molecular flexibility index (Phi) is 5.88. The second-order valence-corrected chi connectivity index (χ2v) is 2.80. The van der Waals surface area contributed by atoms with Crippen molar-refractivity contribution >= 4 is 11.9 Å². The number of hydrogen-bond acceptors (Lipinski definition) is 3. The number of aliphatic carboxylic acids is 1. The molecule has 0 saturated heterocycles. The summed E-state index contributed by atoms with van der Waals surface area (Å²) in [5, 5.41) is 10.9. The molecule has 1 atom stereocenters. The number of rotatable bonds is 6. The first kappa shape index (κ1) is 11.9. The van der Waals surface area contributed by atoms with Crippen molar-refractivity contribution in [2.24, 2.45) is 5.73 Å². The molecule has 1 amide bonds. The van der Waals surface area contributed by atoms with Crippen LogP contribution in [0.4, 0.5) is 0 Å². The van der Waals surface area contributed by atoms with Crippen molar-refractivity contribution in [1.82, 2.24) is 5.32 Å². The molecule has 5 nitrogen and oxygen atoms in total. The zero-order chi connectivity index (χ0) is 10.3. The second-order valence-electron chi connectivity index (χ2n) is 2.80. The number of nitrogens with one attached hydrogen (secondary N) is 1. The molecule has 13 heavy (non-hydrogen) atoms. The molecule has 0 aromatic carbocycles. The van der Waals surface area contributed by atoms with Crippen molar-refractivity contribution in [3.8, 4) is 0 Å². The zero-order valence-corrected chi connectivity index (χ0v) is 7.75. The molecule has 0 spiro atoms. The highest BCUT2D eigenvalue weighted by atomic mass is 16.4.